The van der Waals surface area contributed by atoms with Gasteiger partial charge in [0.1, 0.15) is 41.7 Å². The number of anilines is 1. The molecular formula is C32H29F3N6O3. The summed E-state index contributed by atoms with van der Waals surface area (Å²) in [6.07, 6.45) is -1.34. The van der Waals surface area contributed by atoms with Gasteiger partial charge in [-0.3, -0.25) is 4.79 Å². The quantitative estimate of drug-likeness (QED) is 0.222. The molecule has 1 saturated heterocycles. The molecule has 3 aromatic carbocycles. The van der Waals surface area contributed by atoms with Crippen molar-refractivity contribution < 1.29 is 27.4 Å². The van der Waals surface area contributed by atoms with E-state index in [-0.39, 0.29) is 24.1 Å². The monoisotopic (exact) mass is 602 g/mol. The molecule has 1 unspecified atom stereocenters. The van der Waals surface area contributed by atoms with Gasteiger partial charge < -0.3 is 20.1 Å². The first kappa shape index (κ1) is 29.0. The zero-order valence-corrected chi connectivity index (χ0v) is 23.8. The minimum absolute atomic E-state index is 0.0278. The molecule has 1 aliphatic heterocycles. The number of alkyl halides is 3. The lowest BCUT2D eigenvalue weighted by atomic mass is 10.1. The number of hydrogen-bond donors (Lipinski definition) is 1. The summed E-state index contributed by atoms with van der Waals surface area (Å²) in [5, 5.41) is 5.54. The molecule has 3 heterocycles. The number of hydrogen-bond acceptors (Lipinski definition) is 7. The van der Waals surface area contributed by atoms with Crippen LogP contribution in [0.1, 0.15) is 36.9 Å². The molecule has 1 fully saturated rings. The van der Waals surface area contributed by atoms with Gasteiger partial charge in [0, 0.05) is 37.2 Å². The predicted molar refractivity (Wildman–Crippen MR) is 158 cm³/mol. The summed E-state index contributed by atoms with van der Waals surface area (Å²) >= 11 is 0. The van der Waals surface area contributed by atoms with E-state index in [0.29, 0.717) is 46.3 Å². The molecule has 12 heteroatoms. The van der Waals surface area contributed by atoms with Crippen molar-refractivity contribution in [1.82, 2.24) is 24.6 Å². The highest BCUT2D eigenvalue weighted by molar-refractivity contribution is 5.98. The standard InChI is InChI=1S/C32H29F3N6O3/c1-20(42)40-15-5-7-23(17-40)41-31-28(30(36)37-19-38-31)29(39-41)21-11-13-24(14-12-21)44-26-9-4-8-25(16-26)43-18-22-6-2-3-10-27(22)32(33,34)35/h2-4,6,8-14,16,19,23H,5,7,15,17-18H2,1H3,(H2,36,37,38). The number of likely N-dealkylation sites (tertiary alicyclic amines) is 1. The third-order valence-corrected chi connectivity index (χ3v) is 7.59. The average Bonchev–Trinajstić information content (AvgIpc) is 3.41. The maximum Gasteiger partial charge on any atom is 0.416 e. The second-order valence-corrected chi connectivity index (χ2v) is 10.6. The van der Waals surface area contributed by atoms with Crippen LogP contribution in [0.25, 0.3) is 22.3 Å². The van der Waals surface area contributed by atoms with Crippen molar-refractivity contribution in [2.45, 2.75) is 38.6 Å². The Morgan fingerprint density at radius 3 is 2.55 bits per heavy atom. The summed E-state index contributed by atoms with van der Waals surface area (Å²) in [5.74, 6) is 1.70. The smallest absolute Gasteiger partial charge is 0.416 e. The first-order valence-electron chi connectivity index (χ1n) is 14.1. The Balaban J connectivity index is 1.20. The molecule has 6 rings (SSSR count). The summed E-state index contributed by atoms with van der Waals surface area (Å²) in [7, 11) is 0. The van der Waals surface area contributed by atoms with Crippen molar-refractivity contribution >= 4 is 22.8 Å². The fourth-order valence-electron chi connectivity index (χ4n) is 5.42. The summed E-state index contributed by atoms with van der Waals surface area (Å²) < 4.78 is 53.5. The number of nitrogen functional groups attached to an aromatic ring is 1. The number of aromatic nitrogens is 4. The normalized spacial score (nSPS) is 15.4. The van der Waals surface area contributed by atoms with Crippen molar-refractivity contribution in [3.63, 3.8) is 0 Å². The summed E-state index contributed by atoms with van der Waals surface area (Å²) in [6, 6.07) is 19.3. The number of rotatable bonds is 7. The van der Waals surface area contributed by atoms with Gasteiger partial charge in [0.25, 0.3) is 0 Å². The maximum atomic E-state index is 13.3. The molecule has 1 aliphatic rings. The van der Waals surface area contributed by atoms with E-state index in [1.165, 1.54) is 18.5 Å². The van der Waals surface area contributed by atoms with Gasteiger partial charge in [-0.25, -0.2) is 14.6 Å². The van der Waals surface area contributed by atoms with E-state index >= 15 is 0 Å². The molecule has 9 nitrogen and oxygen atoms in total. The minimum Gasteiger partial charge on any atom is -0.489 e. The Hall–Kier alpha value is -5.13. The van der Waals surface area contributed by atoms with Crippen LogP contribution in [0.15, 0.2) is 79.1 Å². The lowest BCUT2D eigenvalue weighted by Crippen LogP contribution is -2.39. The fourth-order valence-corrected chi connectivity index (χ4v) is 5.42. The lowest BCUT2D eigenvalue weighted by molar-refractivity contribution is -0.138. The van der Waals surface area contributed by atoms with E-state index in [0.717, 1.165) is 31.0 Å². The van der Waals surface area contributed by atoms with Crippen LogP contribution in [-0.4, -0.2) is 43.6 Å². The van der Waals surface area contributed by atoms with E-state index in [1.807, 2.05) is 21.7 Å². The minimum atomic E-state index is -4.47. The maximum absolute atomic E-state index is 13.3. The Labute approximate surface area is 251 Å². The summed E-state index contributed by atoms with van der Waals surface area (Å²) in [6.45, 7) is 2.59. The topological polar surface area (TPSA) is 108 Å². The van der Waals surface area contributed by atoms with Crippen molar-refractivity contribution in [3.05, 3.63) is 90.3 Å². The zero-order valence-electron chi connectivity index (χ0n) is 23.8. The largest absolute Gasteiger partial charge is 0.489 e. The van der Waals surface area contributed by atoms with Gasteiger partial charge in [0.15, 0.2) is 5.65 Å². The van der Waals surface area contributed by atoms with Gasteiger partial charge in [-0.05, 0) is 55.3 Å². The molecule has 0 saturated carbocycles. The first-order chi connectivity index (χ1) is 21.2. The van der Waals surface area contributed by atoms with Gasteiger partial charge in [0.2, 0.25) is 5.91 Å². The van der Waals surface area contributed by atoms with E-state index in [4.69, 9.17) is 20.3 Å². The van der Waals surface area contributed by atoms with Gasteiger partial charge in [0.05, 0.1) is 17.0 Å². The van der Waals surface area contributed by atoms with Crippen LogP contribution in [0.3, 0.4) is 0 Å². The zero-order chi connectivity index (χ0) is 30.8. The number of carbonyl (C=O) groups is 1. The number of benzene rings is 3. The molecule has 0 bridgehead atoms. The second kappa shape index (κ2) is 11.9. The molecule has 1 amide bonds. The van der Waals surface area contributed by atoms with Crippen LogP contribution in [0.4, 0.5) is 19.0 Å². The highest BCUT2D eigenvalue weighted by Crippen LogP contribution is 2.36. The molecule has 44 heavy (non-hydrogen) atoms. The molecule has 0 aliphatic carbocycles. The van der Waals surface area contributed by atoms with Crippen molar-refractivity contribution in [3.8, 4) is 28.5 Å². The number of ether oxygens (including phenoxy) is 2. The number of halogens is 3. The number of carbonyl (C=O) groups excluding carboxylic acids is 1. The van der Waals surface area contributed by atoms with Gasteiger partial charge >= 0.3 is 6.18 Å². The average molecular weight is 603 g/mol. The Morgan fingerprint density at radius 2 is 1.77 bits per heavy atom. The van der Waals surface area contributed by atoms with E-state index in [9.17, 15) is 18.0 Å². The van der Waals surface area contributed by atoms with Crippen molar-refractivity contribution in [1.29, 1.82) is 0 Å². The SMILES string of the molecule is CC(=O)N1CCCC(n2nc(-c3ccc(Oc4cccc(OCc5ccccc5C(F)(F)F)c4)cc3)c3c(N)ncnc32)C1. The van der Waals surface area contributed by atoms with Crippen molar-refractivity contribution in [2.24, 2.45) is 0 Å². The molecule has 0 radical (unpaired) electrons. The molecule has 0 spiro atoms. The first-order valence-corrected chi connectivity index (χ1v) is 14.1. The Bertz CT molecular complexity index is 1810. The van der Waals surface area contributed by atoms with Crippen molar-refractivity contribution in [2.75, 3.05) is 18.8 Å². The molecule has 1 atom stereocenters. The number of piperidine rings is 1. The van der Waals surface area contributed by atoms with Crippen LogP contribution in [-0.2, 0) is 17.6 Å². The van der Waals surface area contributed by atoms with Crippen LogP contribution in [0.5, 0.6) is 17.2 Å². The van der Waals surface area contributed by atoms with Crippen LogP contribution in [0, 0.1) is 0 Å². The van der Waals surface area contributed by atoms with Crippen LogP contribution < -0.4 is 15.2 Å². The number of amides is 1. The number of fused-ring (bicyclic) bond motifs is 1. The van der Waals surface area contributed by atoms with Crippen LogP contribution >= 0.6 is 0 Å². The molecule has 226 valence electrons. The number of nitrogens with zero attached hydrogens (tertiary/aromatic N) is 5. The summed E-state index contributed by atoms with van der Waals surface area (Å²) in [5.41, 5.74) is 7.62. The van der Waals surface area contributed by atoms with E-state index < -0.39 is 11.7 Å². The summed E-state index contributed by atoms with van der Waals surface area (Å²) in [4.78, 5) is 22.5. The Morgan fingerprint density at radius 1 is 1.00 bits per heavy atom. The second-order valence-electron chi connectivity index (χ2n) is 10.6. The Kier molecular flexibility index (Phi) is 7.81. The molecule has 2 aromatic heterocycles. The number of nitrogens with two attached hydrogens (primary N) is 1. The van der Waals surface area contributed by atoms with Gasteiger partial charge in [-0.1, -0.05) is 24.3 Å². The predicted octanol–water partition coefficient (Wildman–Crippen LogP) is 6.65. The van der Waals surface area contributed by atoms with Gasteiger partial charge in [-0.2, -0.15) is 18.3 Å². The third kappa shape index (κ3) is 6.01. The molecule has 2 N–H and O–H groups in total. The van der Waals surface area contributed by atoms with Gasteiger partial charge in [-0.15, -0.1) is 0 Å². The lowest BCUT2D eigenvalue weighted by Gasteiger charge is -2.32. The third-order valence-electron chi connectivity index (χ3n) is 7.59. The fraction of sp³-hybridized carbons (Fsp3) is 0.250. The highest BCUT2D eigenvalue weighted by Gasteiger charge is 2.33. The van der Waals surface area contributed by atoms with E-state index in [1.54, 1.807) is 49.4 Å². The molecule has 5 aromatic rings. The van der Waals surface area contributed by atoms with E-state index in [2.05, 4.69) is 9.97 Å². The highest BCUT2D eigenvalue weighted by atomic mass is 19.4. The van der Waals surface area contributed by atoms with Crippen LogP contribution in [0.2, 0.25) is 0 Å². The molecular weight excluding hydrogens is 573 g/mol.